The molecule has 0 spiro atoms. The van der Waals surface area contributed by atoms with E-state index in [1.165, 1.54) is 0 Å². The van der Waals surface area contributed by atoms with Crippen LogP contribution >= 0.6 is 0 Å². The van der Waals surface area contributed by atoms with E-state index in [9.17, 15) is 14.4 Å². The fourth-order valence-electron chi connectivity index (χ4n) is 2.93. The Hall–Kier alpha value is -3.15. The third-order valence-electron chi connectivity index (χ3n) is 3.98. The highest BCUT2D eigenvalue weighted by Gasteiger charge is 2.14. The maximum Gasteiger partial charge on any atom is 0.326 e. The lowest BCUT2D eigenvalue weighted by Gasteiger charge is -2.15. The van der Waals surface area contributed by atoms with Crippen molar-refractivity contribution in [2.75, 3.05) is 6.61 Å². The van der Waals surface area contributed by atoms with Crippen molar-refractivity contribution in [2.45, 2.75) is 26.4 Å². The zero-order valence-corrected chi connectivity index (χ0v) is 14.7. The molecule has 1 amide bonds. The van der Waals surface area contributed by atoms with E-state index in [0.717, 1.165) is 0 Å². The van der Waals surface area contributed by atoms with E-state index >= 15 is 0 Å². The van der Waals surface area contributed by atoms with Crippen LogP contribution in [0.1, 0.15) is 13.8 Å². The summed E-state index contributed by atoms with van der Waals surface area (Å²) in [5.41, 5.74) is 1.23. The van der Waals surface area contributed by atoms with E-state index in [2.05, 4.69) is 5.32 Å². The number of rotatable bonds is 5. The van der Waals surface area contributed by atoms with Crippen molar-refractivity contribution in [2.24, 2.45) is 0 Å². The molecule has 3 aromatic rings. The van der Waals surface area contributed by atoms with Crippen molar-refractivity contribution in [3.63, 3.8) is 0 Å². The molecule has 0 aliphatic carbocycles. The Kier molecular flexibility index (Phi) is 5.02. The average Bonchev–Trinajstić information content (AvgIpc) is 2.63. The first-order valence-electron chi connectivity index (χ1n) is 8.42. The first kappa shape index (κ1) is 17.7. The van der Waals surface area contributed by atoms with E-state index in [1.807, 2.05) is 26.0 Å². The highest BCUT2D eigenvalue weighted by Crippen LogP contribution is 2.19. The normalized spacial score (nSPS) is 11.0. The lowest BCUT2D eigenvalue weighted by Crippen LogP contribution is -2.34. The van der Waals surface area contributed by atoms with Gasteiger partial charge in [0.2, 0.25) is 0 Å². The van der Waals surface area contributed by atoms with Crippen LogP contribution in [0.15, 0.2) is 53.3 Å². The van der Waals surface area contributed by atoms with Crippen molar-refractivity contribution >= 4 is 33.7 Å². The summed E-state index contributed by atoms with van der Waals surface area (Å²) in [5, 5.41) is 3.74. The average molecular weight is 352 g/mol. The van der Waals surface area contributed by atoms with Gasteiger partial charge in [0.1, 0.15) is 6.54 Å². The summed E-state index contributed by atoms with van der Waals surface area (Å²) >= 11 is 0. The Morgan fingerprint density at radius 3 is 2.08 bits per heavy atom. The number of para-hydroxylation sites is 2. The van der Waals surface area contributed by atoms with Gasteiger partial charge in [-0.25, -0.2) is 0 Å². The molecule has 26 heavy (non-hydrogen) atoms. The molecule has 2 aromatic carbocycles. The minimum absolute atomic E-state index is 0.0203. The van der Waals surface area contributed by atoms with Crippen LogP contribution in [0.5, 0.6) is 0 Å². The van der Waals surface area contributed by atoms with E-state index < -0.39 is 5.97 Å². The van der Waals surface area contributed by atoms with Gasteiger partial charge < -0.3 is 14.6 Å². The largest absolute Gasteiger partial charge is 0.454 e. The SMILES string of the molecule is CC(C)NC(=O)COC(=O)Cn1c2ccccc2c(=O)c2ccccc21. The summed E-state index contributed by atoms with van der Waals surface area (Å²) in [6.45, 7) is 3.25. The number of fused-ring (bicyclic) bond motifs is 2. The van der Waals surface area contributed by atoms with Crippen molar-refractivity contribution < 1.29 is 14.3 Å². The topological polar surface area (TPSA) is 77.4 Å². The van der Waals surface area contributed by atoms with Crippen LogP contribution in [-0.2, 0) is 20.9 Å². The number of benzene rings is 2. The number of amides is 1. The van der Waals surface area contributed by atoms with Gasteiger partial charge in [-0.1, -0.05) is 24.3 Å². The standard InChI is InChI=1S/C20H20N2O4/c1-13(2)21-18(23)12-26-19(24)11-22-16-9-5-3-7-14(16)20(25)15-8-4-6-10-17(15)22/h3-10,13H,11-12H2,1-2H3,(H,21,23). The molecular formula is C20H20N2O4. The van der Waals surface area contributed by atoms with Gasteiger partial charge in [-0.3, -0.25) is 14.4 Å². The summed E-state index contributed by atoms with van der Waals surface area (Å²) in [6, 6.07) is 14.2. The number of nitrogens with one attached hydrogen (secondary N) is 1. The Balaban J connectivity index is 1.94. The maximum atomic E-state index is 12.7. The molecule has 0 fully saturated rings. The lowest BCUT2D eigenvalue weighted by molar-refractivity contribution is -0.149. The zero-order valence-electron chi connectivity index (χ0n) is 14.7. The van der Waals surface area contributed by atoms with Crippen LogP contribution in [0.4, 0.5) is 0 Å². The summed E-state index contributed by atoms with van der Waals surface area (Å²) in [5.74, 6) is -0.883. The molecule has 0 aliphatic heterocycles. The van der Waals surface area contributed by atoms with Crippen molar-refractivity contribution in [3.8, 4) is 0 Å². The quantitative estimate of drug-likeness (QED) is 0.564. The van der Waals surface area contributed by atoms with E-state index in [-0.39, 0.29) is 30.5 Å². The zero-order chi connectivity index (χ0) is 18.7. The summed E-state index contributed by atoms with van der Waals surface area (Å²) < 4.78 is 6.83. The molecule has 1 aromatic heterocycles. The molecule has 6 nitrogen and oxygen atoms in total. The molecule has 6 heteroatoms. The van der Waals surface area contributed by atoms with E-state index in [4.69, 9.17) is 4.74 Å². The number of pyridine rings is 1. The van der Waals surface area contributed by atoms with Crippen LogP contribution in [0.3, 0.4) is 0 Å². The Morgan fingerprint density at radius 1 is 1.00 bits per heavy atom. The van der Waals surface area contributed by atoms with Gasteiger partial charge in [-0.05, 0) is 38.1 Å². The predicted molar refractivity (Wildman–Crippen MR) is 100.0 cm³/mol. The minimum Gasteiger partial charge on any atom is -0.454 e. The number of ether oxygens (including phenoxy) is 1. The second-order valence-electron chi connectivity index (χ2n) is 6.33. The fraction of sp³-hybridized carbons (Fsp3) is 0.250. The van der Waals surface area contributed by atoms with Gasteiger partial charge in [0.15, 0.2) is 12.0 Å². The first-order chi connectivity index (χ1) is 12.5. The number of aromatic nitrogens is 1. The molecule has 0 saturated heterocycles. The molecular weight excluding hydrogens is 332 g/mol. The van der Waals surface area contributed by atoms with Crippen molar-refractivity contribution in [1.29, 1.82) is 0 Å². The smallest absolute Gasteiger partial charge is 0.326 e. The molecule has 0 radical (unpaired) electrons. The maximum absolute atomic E-state index is 12.7. The van der Waals surface area contributed by atoms with Crippen LogP contribution in [0, 0.1) is 0 Å². The first-order valence-corrected chi connectivity index (χ1v) is 8.42. The van der Waals surface area contributed by atoms with Crippen molar-refractivity contribution in [3.05, 3.63) is 58.8 Å². The molecule has 0 atom stereocenters. The number of carbonyl (C=O) groups excluding carboxylic acids is 2. The Labute approximate surface area is 150 Å². The van der Waals surface area contributed by atoms with Gasteiger partial charge in [0.05, 0.1) is 11.0 Å². The molecule has 0 aliphatic rings. The molecule has 1 heterocycles. The van der Waals surface area contributed by atoms with Gasteiger partial charge in [-0.2, -0.15) is 0 Å². The van der Waals surface area contributed by atoms with Gasteiger partial charge in [-0.15, -0.1) is 0 Å². The fourth-order valence-corrected chi connectivity index (χ4v) is 2.93. The second kappa shape index (κ2) is 7.39. The van der Waals surface area contributed by atoms with E-state index in [1.54, 1.807) is 41.0 Å². The summed E-state index contributed by atoms with van der Waals surface area (Å²) in [7, 11) is 0. The molecule has 1 N–H and O–H groups in total. The number of nitrogens with zero attached hydrogens (tertiary/aromatic N) is 1. The lowest BCUT2D eigenvalue weighted by atomic mass is 10.1. The van der Waals surface area contributed by atoms with Gasteiger partial charge >= 0.3 is 5.97 Å². The van der Waals surface area contributed by atoms with Crippen LogP contribution < -0.4 is 10.7 Å². The Morgan fingerprint density at radius 2 is 1.54 bits per heavy atom. The summed E-state index contributed by atoms with van der Waals surface area (Å²) in [4.78, 5) is 36.6. The number of hydrogen-bond acceptors (Lipinski definition) is 4. The molecule has 3 rings (SSSR count). The predicted octanol–water partition coefficient (Wildman–Crippen LogP) is 2.22. The number of carbonyl (C=O) groups is 2. The van der Waals surface area contributed by atoms with Crippen LogP contribution in [0.25, 0.3) is 21.8 Å². The van der Waals surface area contributed by atoms with Gasteiger partial charge in [0.25, 0.3) is 5.91 Å². The second-order valence-corrected chi connectivity index (χ2v) is 6.33. The van der Waals surface area contributed by atoms with Crippen LogP contribution in [-0.4, -0.2) is 29.1 Å². The Bertz CT molecular complexity index is 977. The molecule has 0 unspecified atom stereocenters. The monoisotopic (exact) mass is 352 g/mol. The van der Waals surface area contributed by atoms with Crippen molar-refractivity contribution in [1.82, 2.24) is 9.88 Å². The van der Waals surface area contributed by atoms with E-state index in [0.29, 0.717) is 21.8 Å². The number of hydrogen-bond donors (Lipinski definition) is 1. The van der Waals surface area contributed by atoms with Crippen LogP contribution in [0.2, 0.25) is 0 Å². The van der Waals surface area contributed by atoms with Gasteiger partial charge in [0, 0.05) is 16.8 Å². The highest BCUT2D eigenvalue weighted by atomic mass is 16.5. The molecule has 0 bridgehead atoms. The third kappa shape index (κ3) is 3.59. The molecule has 134 valence electrons. The third-order valence-corrected chi connectivity index (χ3v) is 3.98. The highest BCUT2D eigenvalue weighted by molar-refractivity contribution is 5.94. The summed E-state index contributed by atoms with van der Waals surface area (Å²) in [6.07, 6.45) is 0. The minimum atomic E-state index is -0.539. The number of esters is 1. The molecule has 0 saturated carbocycles.